The molecule has 1 heterocycles. The highest BCUT2D eigenvalue weighted by Crippen LogP contribution is 2.15. The molecule has 5 heteroatoms. The number of aromatic nitrogens is 2. The molecule has 0 saturated carbocycles. The van der Waals surface area contributed by atoms with Crippen LogP contribution in [0.3, 0.4) is 0 Å². The second kappa shape index (κ2) is 2.99. The standard InChI is InChI=1S/C9H7ClN2O2/c1-6-9(10)12(14)8-5-3-2-4-7(8)11(6)13/h2-5H,1H3. The van der Waals surface area contributed by atoms with Crippen LogP contribution < -0.4 is 4.43 Å². The first-order valence-electron chi connectivity index (χ1n) is 4.03. The van der Waals surface area contributed by atoms with Crippen LogP contribution >= 0.6 is 11.6 Å². The van der Waals surface area contributed by atoms with Crippen molar-refractivity contribution < 1.29 is 4.43 Å². The molecule has 1 aromatic heterocycles. The Morgan fingerprint density at radius 3 is 2.79 bits per heavy atom. The van der Waals surface area contributed by atoms with Crippen LogP contribution in [0.4, 0.5) is 0 Å². The number of nitrogens with zero attached hydrogens (tertiary/aromatic N) is 2. The number of hydrogen-bond acceptors (Lipinski definition) is 2. The van der Waals surface area contributed by atoms with E-state index in [1.807, 2.05) is 0 Å². The van der Waals surface area contributed by atoms with Gasteiger partial charge in [0.05, 0.1) is 4.43 Å². The van der Waals surface area contributed by atoms with Gasteiger partial charge in [0, 0.05) is 11.0 Å². The van der Waals surface area contributed by atoms with Gasteiger partial charge in [0.15, 0.2) is 0 Å². The summed E-state index contributed by atoms with van der Waals surface area (Å²) >= 11 is 5.69. The first kappa shape index (κ1) is 9.02. The van der Waals surface area contributed by atoms with E-state index in [-0.39, 0.29) is 16.4 Å². The molecule has 0 bridgehead atoms. The zero-order valence-corrected chi connectivity index (χ0v) is 8.15. The monoisotopic (exact) mass is 210 g/mol. The van der Waals surface area contributed by atoms with Crippen molar-refractivity contribution in [3.63, 3.8) is 0 Å². The fourth-order valence-electron chi connectivity index (χ4n) is 1.32. The molecule has 0 fully saturated rings. The predicted molar refractivity (Wildman–Crippen MR) is 53.8 cm³/mol. The lowest BCUT2D eigenvalue weighted by Crippen LogP contribution is -2.21. The van der Waals surface area contributed by atoms with Crippen molar-refractivity contribution >= 4 is 22.6 Å². The van der Waals surface area contributed by atoms with Gasteiger partial charge in [-0.3, -0.25) is 0 Å². The Bertz CT molecular complexity index is 562. The fourth-order valence-corrected chi connectivity index (χ4v) is 1.49. The largest absolute Gasteiger partial charge is 0.805 e. The van der Waals surface area contributed by atoms with Crippen LogP contribution in [0.5, 0.6) is 0 Å². The zero-order valence-electron chi connectivity index (χ0n) is 7.40. The Kier molecular flexibility index (Phi) is 1.93. The SMILES string of the molecule is Cc1c(Cl)[n+](=O)c2ccccc2n1[O-]. The van der Waals surface area contributed by atoms with Crippen LogP contribution in [0, 0.1) is 17.0 Å². The van der Waals surface area contributed by atoms with Crippen molar-refractivity contribution in [2.75, 3.05) is 0 Å². The molecule has 0 unspecified atom stereocenters. The van der Waals surface area contributed by atoms with E-state index in [1.165, 1.54) is 6.92 Å². The molecule has 1 aromatic carbocycles. The van der Waals surface area contributed by atoms with Gasteiger partial charge in [0.1, 0.15) is 11.2 Å². The van der Waals surface area contributed by atoms with Crippen LogP contribution in [0.2, 0.25) is 5.15 Å². The minimum absolute atomic E-state index is 0.0845. The van der Waals surface area contributed by atoms with Gasteiger partial charge in [0.2, 0.25) is 0 Å². The van der Waals surface area contributed by atoms with E-state index in [2.05, 4.69) is 0 Å². The number of halogens is 1. The van der Waals surface area contributed by atoms with Crippen LogP contribution in [0.15, 0.2) is 24.3 Å². The van der Waals surface area contributed by atoms with E-state index in [1.54, 1.807) is 24.3 Å². The third-order valence-electron chi connectivity index (χ3n) is 2.10. The average molecular weight is 211 g/mol. The van der Waals surface area contributed by atoms with Gasteiger partial charge in [0.25, 0.3) is 5.52 Å². The minimum atomic E-state index is -0.0845. The van der Waals surface area contributed by atoms with Crippen molar-refractivity contribution in [1.82, 2.24) is 4.73 Å². The molecule has 0 aliphatic carbocycles. The zero-order chi connectivity index (χ0) is 10.3. The number of rotatable bonds is 0. The van der Waals surface area contributed by atoms with E-state index in [0.29, 0.717) is 14.7 Å². The molecule has 2 aromatic rings. The maximum atomic E-state index is 11.6. The van der Waals surface area contributed by atoms with E-state index in [9.17, 15) is 10.1 Å². The quantitative estimate of drug-likeness (QED) is 0.624. The molecule has 14 heavy (non-hydrogen) atoms. The van der Waals surface area contributed by atoms with Crippen molar-refractivity contribution in [2.45, 2.75) is 6.92 Å². The average Bonchev–Trinajstić information content (AvgIpc) is 2.23. The van der Waals surface area contributed by atoms with Gasteiger partial charge in [-0.15, -0.1) is 0 Å². The number of hydrogen-bond donors (Lipinski definition) is 0. The Morgan fingerprint density at radius 2 is 2.07 bits per heavy atom. The van der Waals surface area contributed by atoms with E-state index < -0.39 is 0 Å². The Balaban J connectivity index is 3.10. The summed E-state index contributed by atoms with van der Waals surface area (Å²) in [6.07, 6.45) is 0. The highest BCUT2D eigenvalue weighted by atomic mass is 35.5. The molecule has 0 spiro atoms. The Morgan fingerprint density at radius 1 is 1.43 bits per heavy atom. The molecule has 0 atom stereocenters. The van der Waals surface area contributed by atoms with Gasteiger partial charge in [-0.05, 0) is 24.6 Å². The summed E-state index contributed by atoms with van der Waals surface area (Å²) in [6, 6.07) is 6.52. The second-order valence-corrected chi connectivity index (χ2v) is 3.31. The van der Waals surface area contributed by atoms with Crippen LogP contribution in [0.25, 0.3) is 11.0 Å². The summed E-state index contributed by atoms with van der Waals surface area (Å²) in [4.78, 5) is 11.5. The van der Waals surface area contributed by atoms with Gasteiger partial charge in [-0.25, -0.2) is 0 Å². The van der Waals surface area contributed by atoms with Crippen molar-refractivity contribution in [2.24, 2.45) is 0 Å². The van der Waals surface area contributed by atoms with E-state index in [0.717, 1.165) is 0 Å². The first-order valence-corrected chi connectivity index (χ1v) is 4.40. The highest BCUT2D eigenvalue weighted by molar-refractivity contribution is 6.29. The summed E-state index contributed by atoms with van der Waals surface area (Å²) in [6.45, 7) is 1.51. The lowest BCUT2D eigenvalue weighted by atomic mass is 10.3. The fraction of sp³-hybridized carbons (Fsp3) is 0.111. The third-order valence-corrected chi connectivity index (χ3v) is 2.53. The van der Waals surface area contributed by atoms with Crippen molar-refractivity contribution in [1.29, 1.82) is 0 Å². The minimum Gasteiger partial charge on any atom is -0.805 e. The number of para-hydroxylation sites is 2. The molecule has 2 rings (SSSR count). The third kappa shape index (κ3) is 1.08. The Labute approximate surface area is 84.5 Å². The maximum absolute atomic E-state index is 11.6. The molecule has 0 N–H and O–H groups in total. The lowest BCUT2D eigenvalue weighted by Gasteiger charge is -2.14. The highest BCUT2D eigenvalue weighted by Gasteiger charge is 2.16. The lowest BCUT2D eigenvalue weighted by molar-refractivity contribution is -0.462. The summed E-state index contributed by atoms with van der Waals surface area (Å²) in [5.74, 6) is 0. The summed E-state index contributed by atoms with van der Waals surface area (Å²) in [7, 11) is 0. The van der Waals surface area contributed by atoms with Crippen molar-refractivity contribution in [3.05, 3.63) is 45.2 Å². The smallest absolute Gasteiger partial charge is 0.350 e. The van der Waals surface area contributed by atoms with Crippen LogP contribution in [-0.4, -0.2) is 4.73 Å². The predicted octanol–water partition coefficient (Wildman–Crippen LogP) is 1.86. The molecule has 4 nitrogen and oxygen atoms in total. The second-order valence-electron chi connectivity index (χ2n) is 2.95. The van der Waals surface area contributed by atoms with Gasteiger partial charge < -0.3 is 9.94 Å². The topological polar surface area (TPSA) is 51.0 Å². The van der Waals surface area contributed by atoms with Crippen LogP contribution in [-0.2, 0) is 0 Å². The molecule has 0 saturated heterocycles. The summed E-state index contributed by atoms with van der Waals surface area (Å²) < 4.78 is 1.21. The van der Waals surface area contributed by atoms with Gasteiger partial charge in [-0.1, -0.05) is 12.1 Å². The number of fused-ring (bicyclic) bond motifs is 1. The Hall–Kier alpha value is -1.55. The van der Waals surface area contributed by atoms with Crippen LogP contribution in [0.1, 0.15) is 5.69 Å². The molecule has 0 aliphatic rings. The molecular formula is C9H7ClN2O2. The normalized spacial score (nSPS) is 10.7. The number of benzene rings is 1. The molecule has 0 radical (unpaired) electrons. The molecule has 0 amide bonds. The molecule has 0 aliphatic heterocycles. The van der Waals surface area contributed by atoms with Crippen molar-refractivity contribution in [3.8, 4) is 0 Å². The van der Waals surface area contributed by atoms with E-state index >= 15 is 0 Å². The van der Waals surface area contributed by atoms with Gasteiger partial charge >= 0.3 is 5.15 Å². The first-order chi connectivity index (χ1) is 6.63. The maximum Gasteiger partial charge on any atom is 0.350 e. The van der Waals surface area contributed by atoms with E-state index in [4.69, 9.17) is 11.6 Å². The molecular weight excluding hydrogens is 204 g/mol. The molecule has 72 valence electrons. The summed E-state index contributed by atoms with van der Waals surface area (Å²) in [5, 5.41) is 11.5. The summed E-state index contributed by atoms with van der Waals surface area (Å²) in [5.41, 5.74) is 0.808. The van der Waals surface area contributed by atoms with Gasteiger partial charge in [-0.2, -0.15) is 0 Å².